The van der Waals surface area contributed by atoms with E-state index in [1.807, 2.05) is 20.8 Å². The van der Waals surface area contributed by atoms with Crippen LogP contribution >= 0.6 is 0 Å². The van der Waals surface area contributed by atoms with E-state index in [1.54, 1.807) is 43.0 Å². The van der Waals surface area contributed by atoms with Gasteiger partial charge in [-0.15, -0.1) is 0 Å². The van der Waals surface area contributed by atoms with Gasteiger partial charge in [-0.25, -0.2) is 4.79 Å². The van der Waals surface area contributed by atoms with Crippen LogP contribution in [0.3, 0.4) is 0 Å². The summed E-state index contributed by atoms with van der Waals surface area (Å²) in [4.78, 5) is 37.9. The lowest BCUT2D eigenvalue weighted by Crippen LogP contribution is -2.44. The second-order valence-corrected chi connectivity index (χ2v) is 8.59. The van der Waals surface area contributed by atoms with Gasteiger partial charge >= 0.3 is 12.1 Å². The highest BCUT2D eigenvalue weighted by Crippen LogP contribution is 2.22. The summed E-state index contributed by atoms with van der Waals surface area (Å²) in [6, 6.07) is 6.96. The molecule has 0 spiro atoms. The number of benzene rings is 1. The van der Waals surface area contributed by atoms with Crippen molar-refractivity contribution in [3.63, 3.8) is 0 Å². The predicted octanol–water partition coefficient (Wildman–Crippen LogP) is 4.24. The maximum atomic E-state index is 12.4. The molecular formula is C23H33NO6. The van der Waals surface area contributed by atoms with Gasteiger partial charge in [0.05, 0.1) is 12.5 Å². The molecule has 0 aliphatic carbocycles. The van der Waals surface area contributed by atoms with E-state index in [-0.39, 0.29) is 30.4 Å². The fourth-order valence-corrected chi connectivity index (χ4v) is 3.16. The molecule has 1 aliphatic rings. The number of amides is 1. The van der Waals surface area contributed by atoms with Crippen LogP contribution in [0.1, 0.15) is 64.2 Å². The lowest BCUT2D eigenvalue weighted by Gasteiger charge is -2.33. The van der Waals surface area contributed by atoms with Gasteiger partial charge in [0.2, 0.25) is 0 Å². The van der Waals surface area contributed by atoms with E-state index in [1.165, 1.54) is 0 Å². The first-order valence-electron chi connectivity index (χ1n) is 10.5. The van der Waals surface area contributed by atoms with Gasteiger partial charge in [0, 0.05) is 37.9 Å². The lowest BCUT2D eigenvalue weighted by molar-refractivity contribution is -0.147. The molecule has 2 rings (SSSR count). The summed E-state index contributed by atoms with van der Waals surface area (Å²) in [5, 5.41) is 0. The highest BCUT2D eigenvalue weighted by molar-refractivity contribution is 5.98. The fraction of sp³-hybridized carbons (Fsp3) is 0.609. The van der Waals surface area contributed by atoms with E-state index < -0.39 is 11.5 Å². The summed E-state index contributed by atoms with van der Waals surface area (Å²) in [5.41, 5.74) is 0.0378. The van der Waals surface area contributed by atoms with Crippen molar-refractivity contribution in [2.45, 2.75) is 65.6 Å². The van der Waals surface area contributed by atoms with Crippen molar-refractivity contribution in [2.75, 3.05) is 19.7 Å². The molecule has 1 unspecified atom stereocenters. The van der Waals surface area contributed by atoms with Crippen molar-refractivity contribution in [1.82, 2.24) is 4.90 Å². The van der Waals surface area contributed by atoms with Gasteiger partial charge in [0.15, 0.2) is 5.78 Å². The van der Waals surface area contributed by atoms with Gasteiger partial charge in [0.25, 0.3) is 0 Å². The molecular weight excluding hydrogens is 386 g/mol. The number of hydrogen-bond donors (Lipinski definition) is 0. The number of carbonyl (C=O) groups is 3. The molecule has 0 radical (unpaired) electrons. The average Bonchev–Trinajstić information content (AvgIpc) is 2.68. The summed E-state index contributed by atoms with van der Waals surface area (Å²) >= 11 is 0. The molecule has 1 saturated heterocycles. The third kappa shape index (κ3) is 7.35. The monoisotopic (exact) mass is 419 g/mol. The summed E-state index contributed by atoms with van der Waals surface area (Å²) in [7, 11) is 0. The quantitative estimate of drug-likeness (QED) is 0.486. The zero-order chi connectivity index (χ0) is 22.3. The molecule has 30 heavy (non-hydrogen) atoms. The van der Waals surface area contributed by atoms with Gasteiger partial charge in [0.1, 0.15) is 17.5 Å². The lowest BCUT2D eigenvalue weighted by atomic mass is 10.00. The number of hydrogen-bond acceptors (Lipinski definition) is 6. The third-order valence-electron chi connectivity index (χ3n) is 4.75. The van der Waals surface area contributed by atoms with Gasteiger partial charge < -0.3 is 19.1 Å². The van der Waals surface area contributed by atoms with Crippen molar-refractivity contribution in [2.24, 2.45) is 5.92 Å². The van der Waals surface area contributed by atoms with Crippen LogP contribution in [0, 0.1) is 5.92 Å². The van der Waals surface area contributed by atoms with E-state index in [9.17, 15) is 14.4 Å². The first-order chi connectivity index (χ1) is 14.1. The third-order valence-corrected chi connectivity index (χ3v) is 4.75. The Morgan fingerprint density at radius 2 is 1.70 bits per heavy atom. The topological polar surface area (TPSA) is 82.1 Å². The Kier molecular flexibility index (Phi) is 8.26. The Balaban J connectivity index is 1.82. The molecule has 166 valence electrons. The Morgan fingerprint density at radius 1 is 1.10 bits per heavy atom. The summed E-state index contributed by atoms with van der Waals surface area (Å²) in [6.07, 6.45) is 1.27. The first kappa shape index (κ1) is 23.7. The Morgan fingerprint density at radius 3 is 2.23 bits per heavy atom. The van der Waals surface area contributed by atoms with Crippen LogP contribution in [-0.2, 0) is 14.3 Å². The summed E-state index contributed by atoms with van der Waals surface area (Å²) in [6.45, 7) is 10.5. The van der Waals surface area contributed by atoms with Crippen LogP contribution in [0.4, 0.5) is 4.79 Å². The molecule has 7 nitrogen and oxygen atoms in total. The second-order valence-electron chi connectivity index (χ2n) is 8.59. The molecule has 0 aromatic heterocycles. The number of ketones is 1. The van der Waals surface area contributed by atoms with Crippen molar-refractivity contribution in [3.05, 3.63) is 29.8 Å². The van der Waals surface area contributed by atoms with Crippen molar-refractivity contribution >= 4 is 17.8 Å². The first-order valence-corrected chi connectivity index (χ1v) is 10.5. The highest BCUT2D eigenvalue weighted by Gasteiger charge is 2.27. The van der Waals surface area contributed by atoms with Crippen molar-refractivity contribution < 1.29 is 28.6 Å². The van der Waals surface area contributed by atoms with Gasteiger partial charge in [-0.2, -0.15) is 0 Å². The number of piperidine rings is 1. The minimum Gasteiger partial charge on any atom is -0.490 e. The zero-order valence-electron chi connectivity index (χ0n) is 18.6. The smallest absolute Gasteiger partial charge is 0.410 e. The molecule has 0 saturated carbocycles. The Labute approximate surface area is 178 Å². The van der Waals surface area contributed by atoms with E-state index in [0.717, 1.165) is 12.8 Å². The molecule has 0 N–H and O–H groups in total. The molecule has 1 amide bonds. The molecule has 1 aliphatic heterocycles. The molecule has 1 aromatic carbocycles. The van der Waals surface area contributed by atoms with Crippen molar-refractivity contribution in [1.29, 1.82) is 0 Å². The largest absolute Gasteiger partial charge is 0.490 e. The van der Waals surface area contributed by atoms with E-state index in [4.69, 9.17) is 14.2 Å². The molecule has 1 aromatic rings. The van der Waals surface area contributed by atoms with Gasteiger partial charge in [-0.05, 0) is 52.0 Å². The Bertz CT molecular complexity index is 729. The normalized spacial score (nSPS) is 16.0. The second kappa shape index (κ2) is 10.5. The number of Topliss-reactive ketones (excluding diaryl/α,β-unsaturated/α-hetero) is 1. The molecule has 1 atom stereocenters. The maximum Gasteiger partial charge on any atom is 0.410 e. The molecule has 0 bridgehead atoms. The minimum absolute atomic E-state index is 0.00840. The number of ether oxygens (including phenoxy) is 3. The van der Waals surface area contributed by atoms with Crippen LogP contribution in [-0.4, -0.2) is 54.1 Å². The predicted molar refractivity (Wildman–Crippen MR) is 113 cm³/mol. The fourth-order valence-electron chi connectivity index (χ4n) is 3.16. The van der Waals surface area contributed by atoms with Crippen LogP contribution in [0.2, 0.25) is 0 Å². The number of nitrogens with zero attached hydrogens (tertiary/aromatic N) is 1. The Hall–Kier alpha value is -2.57. The van der Waals surface area contributed by atoms with Crippen LogP contribution in [0.5, 0.6) is 5.75 Å². The summed E-state index contributed by atoms with van der Waals surface area (Å²) < 4.78 is 16.4. The maximum absolute atomic E-state index is 12.4. The molecule has 1 heterocycles. The van der Waals surface area contributed by atoms with Crippen LogP contribution < -0.4 is 4.74 Å². The van der Waals surface area contributed by atoms with Crippen LogP contribution in [0.15, 0.2) is 24.3 Å². The zero-order valence-corrected chi connectivity index (χ0v) is 18.6. The average molecular weight is 420 g/mol. The number of rotatable bonds is 7. The molecule has 1 fully saturated rings. The number of likely N-dealkylation sites (tertiary alicyclic amines) is 1. The van der Waals surface area contributed by atoms with E-state index in [0.29, 0.717) is 31.0 Å². The number of carbonyl (C=O) groups excluding carboxylic acids is 3. The van der Waals surface area contributed by atoms with E-state index in [2.05, 4.69) is 0 Å². The summed E-state index contributed by atoms with van der Waals surface area (Å²) in [5.74, 6) is -0.249. The van der Waals surface area contributed by atoms with E-state index >= 15 is 0 Å². The van der Waals surface area contributed by atoms with Crippen LogP contribution in [0.25, 0.3) is 0 Å². The molecule has 7 heteroatoms. The standard InChI is InChI=1S/C23H33NO6/c1-6-28-21(26)16(2)15-20(25)17-7-9-18(10-8-17)29-19-11-13-24(14-12-19)22(27)30-23(3,4)5/h7-10,16,19H,6,11-15H2,1-5H3. The number of esters is 1. The van der Waals surface area contributed by atoms with Crippen molar-refractivity contribution in [3.8, 4) is 5.75 Å². The van der Waals surface area contributed by atoms with Gasteiger partial charge in [-0.3, -0.25) is 9.59 Å². The highest BCUT2D eigenvalue weighted by atomic mass is 16.6. The SMILES string of the molecule is CCOC(=O)C(C)CC(=O)c1ccc(OC2CCN(C(=O)OC(C)(C)C)CC2)cc1. The van der Waals surface area contributed by atoms with Gasteiger partial charge in [-0.1, -0.05) is 6.92 Å². The minimum atomic E-state index is -0.502.